The molecule has 134 valence electrons. The molecule has 2 amide bonds. The van der Waals surface area contributed by atoms with E-state index in [1.165, 1.54) is 6.20 Å². The van der Waals surface area contributed by atoms with Crippen molar-refractivity contribution in [3.63, 3.8) is 0 Å². The molecule has 0 spiro atoms. The zero-order valence-corrected chi connectivity index (χ0v) is 15.4. The first-order valence-corrected chi connectivity index (χ1v) is 8.19. The molecular formula is C17H28N4O3. The minimum atomic E-state index is -0.569. The third-order valence-electron chi connectivity index (χ3n) is 3.72. The summed E-state index contributed by atoms with van der Waals surface area (Å²) in [4.78, 5) is 32.4. The van der Waals surface area contributed by atoms with Gasteiger partial charge in [0, 0.05) is 12.7 Å². The number of hydrogen-bond acceptors (Lipinski definition) is 5. The van der Waals surface area contributed by atoms with Crippen molar-refractivity contribution in [1.82, 2.24) is 20.6 Å². The molecule has 7 nitrogen and oxygen atoms in total. The Bertz CT molecular complexity index is 560. The summed E-state index contributed by atoms with van der Waals surface area (Å²) < 4.78 is 5.24. The monoisotopic (exact) mass is 336 g/mol. The summed E-state index contributed by atoms with van der Waals surface area (Å²) >= 11 is 0. The van der Waals surface area contributed by atoms with E-state index < -0.39 is 17.2 Å². The maximum absolute atomic E-state index is 12.4. The number of amides is 2. The van der Waals surface area contributed by atoms with Crippen molar-refractivity contribution in [3.05, 3.63) is 23.8 Å². The maximum atomic E-state index is 12.4. The molecule has 0 radical (unpaired) electrons. The number of ether oxygens (including phenoxy) is 1. The standard InChI is InChI=1S/C17H28N4O3/c1-7-17(8-2,11-20-15(23)24-16(4,5)6)21-14(22)13-10-18-12(3)9-19-13/h9-10H,7-8,11H2,1-6H3,(H,20,23)(H,21,22). The lowest BCUT2D eigenvalue weighted by Gasteiger charge is -2.33. The predicted octanol–water partition coefficient (Wildman–Crippen LogP) is 2.60. The van der Waals surface area contributed by atoms with Crippen LogP contribution in [0.1, 0.15) is 63.6 Å². The molecule has 0 saturated carbocycles. The van der Waals surface area contributed by atoms with E-state index in [2.05, 4.69) is 20.6 Å². The largest absolute Gasteiger partial charge is 0.444 e. The van der Waals surface area contributed by atoms with Crippen molar-refractivity contribution in [3.8, 4) is 0 Å². The van der Waals surface area contributed by atoms with Crippen LogP contribution >= 0.6 is 0 Å². The number of nitrogens with one attached hydrogen (secondary N) is 2. The second kappa shape index (κ2) is 8.08. The molecule has 7 heteroatoms. The van der Waals surface area contributed by atoms with Gasteiger partial charge in [0.2, 0.25) is 0 Å². The van der Waals surface area contributed by atoms with Crippen LogP contribution in [0.3, 0.4) is 0 Å². The van der Waals surface area contributed by atoms with Crippen LogP contribution in [0, 0.1) is 6.92 Å². The van der Waals surface area contributed by atoms with Crippen molar-refractivity contribution in [2.45, 2.75) is 65.5 Å². The molecule has 0 atom stereocenters. The number of aryl methyl sites for hydroxylation is 1. The third kappa shape index (κ3) is 6.14. The molecule has 0 aliphatic heterocycles. The van der Waals surface area contributed by atoms with Gasteiger partial charge in [0.15, 0.2) is 0 Å². The van der Waals surface area contributed by atoms with E-state index in [0.29, 0.717) is 12.8 Å². The zero-order chi connectivity index (χ0) is 18.4. The lowest BCUT2D eigenvalue weighted by Crippen LogP contribution is -2.55. The lowest BCUT2D eigenvalue weighted by atomic mass is 9.92. The van der Waals surface area contributed by atoms with Crippen LogP contribution in [0.5, 0.6) is 0 Å². The van der Waals surface area contributed by atoms with E-state index in [9.17, 15) is 9.59 Å². The van der Waals surface area contributed by atoms with Gasteiger partial charge in [-0.25, -0.2) is 9.78 Å². The van der Waals surface area contributed by atoms with Crippen LogP contribution in [0.15, 0.2) is 12.4 Å². The quantitative estimate of drug-likeness (QED) is 0.833. The van der Waals surface area contributed by atoms with Gasteiger partial charge in [-0.1, -0.05) is 13.8 Å². The number of carbonyl (C=O) groups excluding carboxylic acids is 2. The smallest absolute Gasteiger partial charge is 0.407 e. The fourth-order valence-electron chi connectivity index (χ4n) is 2.09. The van der Waals surface area contributed by atoms with E-state index in [4.69, 9.17) is 4.74 Å². The Hall–Kier alpha value is -2.18. The van der Waals surface area contributed by atoms with Crippen molar-refractivity contribution in [2.24, 2.45) is 0 Å². The Morgan fingerprint density at radius 3 is 2.21 bits per heavy atom. The topological polar surface area (TPSA) is 93.2 Å². The minimum absolute atomic E-state index is 0.254. The van der Waals surface area contributed by atoms with Gasteiger partial charge in [0.05, 0.1) is 17.4 Å². The van der Waals surface area contributed by atoms with Gasteiger partial charge in [-0.05, 0) is 40.5 Å². The van der Waals surface area contributed by atoms with Gasteiger partial charge in [-0.3, -0.25) is 9.78 Å². The molecular weight excluding hydrogens is 308 g/mol. The lowest BCUT2D eigenvalue weighted by molar-refractivity contribution is 0.0501. The minimum Gasteiger partial charge on any atom is -0.444 e. The van der Waals surface area contributed by atoms with Crippen molar-refractivity contribution in [1.29, 1.82) is 0 Å². The summed E-state index contributed by atoms with van der Waals surface area (Å²) in [6.07, 6.45) is 3.81. The summed E-state index contributed by atoms with van der Waals surface area (Å²) in [6.45, 7) is 11.4. The van der Waals surface area contributed by atoms with Crippen molar-refractivity contribution in [2.75, 3.05) is 6.54 Å². The van der Waals surface area contributed by atoms with Gasteiger partial charge in [-0.15, -0.1) is 0 Å². The number of aromatic nitrogens is 2. The first kappa shape index (κ1) is 19.9. The summed E-state index contributed by atoms with van der Waals surface area (Å²) in [5, 5.41) is 5.71. The highest BCUT2D eigenvalue weighted by atomic mass is 16.6. The van der Waals surface area contributed by atoms with Crippen LogP contribution < -0.4 is 10.6 Å². The fraction of sp³-hybridized carbons (Fsp3) is 0.647. The number of nitrogens with zero attached hydrogens (tertiary/aromatic N) is 2. The zero-order valence-electron chi connectivity index (χ0n) is 15.4. The fourth-order valence-corrected chi connectivity index (χ4v) is 2.09. The van der Waals surface area contributed by atoms with Crippen LogP contribution in [0.25, 0.3) is 0 Å². The third-order valence-corrected chi connectivity index (χ3v) is 3.72. The van der Waals surface area contributed by atoms with Crippen LogP contribution in [0.2, 0.25) is 0 Å². The Labute approximate surface area is 143 Å². The Balaban J connectivity index is 2.75. The molecule has 0 unspecified atom stereocenters. The second-order valence-corrected chi connectivity index (χ2v) is 6.84. The second-order valence-electron chi connectivity index (χ2n) is 6.84. The number of rotatable bonds is 6. The van der Waals surface area contributed by atoms with Crippen LogP contribution in [0.4, 0.5) is 4.79 Å². The molecule has 1 heterocycles. The highest BCUT2D eigenvalue weighted by Crippen LogP contribution is 2.16. The van der Waals surface area contributed by atoms with Crippen molar-refractivity contribution >= 4 is 12.0 Å². The Kier molecular flexibility index (Phi) is 6.69. The van der Waals surface area contributed by atoms with Gasteiger partial charge < -0.3 is 15.4 Å². The van der Waals surface area contributed by atoms with E-state index in [0.717, 1.165) is 5.69 Å². The first-order chi connectivity index (χ1) is 11.1. The molecule has 0 aliphatic carbocycles. The van der Waals surface area contributed by atoms with Gasteiger partial charge in [-0.2, -0.15) is 0 Å². The summed E-state index contributed by atoms with van der Waals surface area (Å²) in [5.74, 6) is -0.308. The summed E-state index contributed by atoms with van der Waals surface area (Å²) in [5.41, 5.74) is -0.133. The SMILES string of the molecule is CCC(CC)(CNC(=O)OC(C)(C)C)NC(=O)c1cnc(C)cn1. The molecule has 24 heavy (non-hydrogen) atoms. The average Bonchev–Trinajstić information content (AvgIpc) is 2.50. The normalized spacial score (nSPS) is 11.8. The molecule has 1 aromatic heterocycles. The number of carbonyl (C=O) groups is 2. The number of alkyl carbamates (subject to hydrolysis) is 1. The van der Waals surface area contributed by atoms with E-state index in [1.807, 2.05) is 20.8 Å². The average molecular weight is 336 g/mol. The first-order valence-electron chi connectivity index (χ1n) is 8.19. The molecule has 1 aromatic rings. The van der Waals surface area contributed by atoms with Crippen LogP contribution in [-0.4, -0.2) is 39.7 Å². The molecule has 0 aromatic carbocycles. The van der Waals surface area contributed by atoms with E-state index in [1.54, 1.807) is 27.0 Å². The molecule has 1 rings (SSSR count). The van der Waals surface area contributed by atoms with E-state index in [-0.39, 0.29) is 18.1 Å². The van der Waals surface area contributed by atoms with Gasteiger partial charge in [0.25, 0.3) is 5.91 Å². The number of hydrogen-bond donors (Lipinski definition) is 2. The highest BCUT2D eigenvalue weighted by Gasteiger charge is 2.30. The molecule has 0 saturated heterocycles. The molecule has 0 bridgehead atoms. The van der Waals surface area contributed by atoms with Gasteiger partial charge >= 0.3 is 6.09 Å². The van der Waals surface area contributed by atoms with Crippen LogP contribution in [-0.2, 0) is 4.74 Å². The van der Waals surface area contributed by atoms with Crippen molar-refractivity contribution < 1.29 is 14.3 Å². The maximum Gasteiger partial charge on any atom is 0.407 e. The van der Waals surface area contributed by atoms with E-state index >= 15 is 0 Å². The molecule has 0 aliphatic rings. The molecule has 2 N–H and O–H groups in total. The summed E-state index contributed by atoms with van der Waals surface area (Å²) in [6, 6.07) is 0. The summed E-state index contributed by atoms with van der Waals surface area (Å²) in [7, 11) is 0. The molecule has 0 fully saturated rings. The Morgan fingerprint density at radius 2 is 1.75 bits per heavy atom. The van der Waals surface area contributed by atoms with Gasteiger partial charge in [0.1, 0.15) is 11.3 Å². The Morgan fingerprint density at radius 1 is 1.12 bits per heavy atom. The highest BCUT2D eigenvalue weighted by molar-refractivity contribution is 5.92. The predicted molar refractivity (Wildman–Crippen MR) is 91.8 cm³/mol.